The SMILES string of the molecule is Cc1ccc(C(=O)CS(=O)(=O)c2ccc(C(C)C)cc2)s1. The lowest BCUT2D eigenvalue weighted by atomic mass is 10.0. The summed E-state index contributed by atoms with van der Waals surface area (Å²) in [5.74, 6) is -0.480. The highest BCUT2D eigenvalue weighted by atomic mass is 32.2. The van der Waals surface area contributed by atoms with Gasteiger partial charge in [-0.1, -0.05) is 26.0 Å². The minimum Gasteiger partial charge on any atom is -0.292 e. The molecule has 0 N–H and O–H groups in total. The van der Waals surface area contributed by atoms with Gasteiger partial charge in [0.05, 0.1) is 9.77 Å². The highest BCUT2D eigenvalue weighted by Gasteiger charge is 2.21. The van der Waals surface area contributed by atoms with E-state index >= 15 is 0 Å². The Balaban J connectivity index is 2.20. The lowest BCUT2D eigenvalue weighted by Crippen LogP contribution is -2.15. The average molecular weight is 322 g/mol. The largest absolute Gasteiger partial charge is 0.292 e. The highest BCUT2D eigenvalue weighted by molar-refractivity contribution is 7.92. The van der Waals surface area contributed by atoms with Crippen molar-refractivity contribution in [1.29, 1.82) is 0 Å². The number of ketones is 1. The first-order valence-electron chi connectivity index (χ1n) is 6.72. The van der Waals surface area contributed by atoms with E-state index in [1.807, 2.05) is 26.8 Å². The Morgan fingerprint density at radius 2 is 1.71 bits per heavy atom. The summed E-state index contributed by atoms with van der Waals surface area (Å²) in [6, 6.07) is 10.3. The van der Waals surface area contributed by atoms with Crippen molar-refractivity contribution in [2.75, 3.05) is 5.75 Å². The van der Waals surface area contributed by atoms with Crippen molar-refractivity contribution in [2.45, 2.75) is 31.6 Å². The van der Waals surface area contributed by atoms with Gasteiger partial charge in [-0.05, 0) is 42.7 Å². The lowest BCUT2D eigenvalue weighted by molar-refractivity contribution is 0.102. The fraction of sp³-hybridized carbons (Fsp3) is 0.312. The van der Waals surface area contributed by atoms with Crippen LogP contribution in [0.2, 0.25) is 0 Å². The predicted octanol–water partition coefficient (Wildman–Crippen LogP) is 3.84. The number of thiophene rings is 1. The van der Waals surface area contributed by atoms with Crippen LogP contribution >= 0.6 is 11.3 Å². The van der Waals surface area contributed by atoms with Crippen LogP contribution in [0.3, 0.4) is 0 Å². The Labute approximate surface area is 129 Å². The molecule has 0 amide bonds. The molecule has 21 heavy (non-hydrogen) atoms. The third-order valence-electron chi connectivity index (χ3n) is 3.24. The Bertz CT molecular complexity index is 738. The fourth-order valence-electron chi connectivity index (χ4n) is 1.97. The fourth-order valence-corrected chi connectivity index (χ4v) is 4.09. The van der Waals surface area contributed by atoms with Crippen LogP contribution in [0.1, 0.15) is 39.9 Å². The van der Waals surface area contributed by atoms with Crippen LogP contribution in [0.5, 0.6) is 0 Å². The molecule has 1 aromatic carbocycles. The van der Waals surface area contributed by atoms with E-state index in [4.69, 9.17) is 0 Å². The minimum absolute atomic E-state index is 0.202. The van der Waals surface area contributed by atoms with Crippen molar-refractivity contribution in [3.05, 3.63) is 51.7 Å². The van der Waals surface area contributed by atoms with Crippen molar-refractivity contribution in [2.24, 2.45) is 0 Å². The zero-order valence-electron chi connectivity index (χ0n) is 12.3. The molecule has 1 aromatic heterocycles. The van der Waals surface area contributed by atoms with Crippen LogP contribution in [0, 0.1) is 6.92 Å². The Morgan fingerprint density at radius 1 is 1.10 bits per heavy atom. The molecule has 0 spiro atoms. The molecule has 3 nitrogen and oxygen atoms in total. The molecule has 0 fully saturated rings. The van der Waals surface area contributed by atoms with Crippen LogP contribution < -0.4 is 0 Å². The molecule has 0 aliphatic rings. The molecule has 0 aliphatic heterocycles. The van der Waals surface area contributed by atoms with Gasteiger partial charge in [0.25, 0.3) is 0 Å². The van der Waals surface area contributed by atoms with Crippen LogP contribution in [-0.2, 0) is 9.84 Å². The number of benzene rings is 1. The van der Waals surface area contributed by atoms with Gasteiger partial charge in [-0.15, -0.1) is 11.3 Å². The quantitative estimate of drug-likeness (QED) is 0.786. The summed E-state index contributed by atoms with van der Waals surface area (Å²) in [5.41, 5.74) is 1.08. The first-order valence-corrected chi connectivity index (χ1v) is 9.19. The van der Waals surface area contributed by atoms with Crippen molar-refractivity contribution < 1.29 is 13.2 Å². The van der Waals surface area contributed by atoms with Gasteiger partial charge < -0.3 is 0 Å². The van der Waals surface area contributed by atoms with E-state index in [0.717, 1.165) is 10.4 Å². The molecular formula is C16H18O3S2. The van der Waals surface area contributed by atoms with Gasteiger partial charge in [0, 0.05) is 4.88 Å². The van der Waals surface area contributed by atoms with Crippen LogP contribution in [-0.4, -0.2) is 20.0 Å². The Morgan fingerprint density at radius 3 is 2.19 bits per heavy atom. The van der Waals surface area contributed by atoms with E-state index in [2.05, 4.69) is 0 Å². The normalized spacial score (nSPS) is 11.8. The van der Waals surface area contributed by atoms with Crippen LogP contribution in [0.25, 0.3) is 0 Å². The first kappa shape index (κ1) is 15.9. The zero-order valence-corrected chi connectivity index (χ0v) is 13.9. The molecule has 0 saturated heterocycles. The number of aryl methyl sites for hydroxylation is 1. The summed E-state index contributed by atoms with van der Waals surface area (Å²) >= 11 is 1.32. The number of Topliss-reactive ketones (excluding diaryl/α,β-unsaturated/α-hetero) is 1. The standard InChI is InChI=1S/C16H18O3S2/c1-11(2)13-5-7-14(8-6-13)21(18,19)10-15(17)16-9-4-12(3)20-16/h4-9,11H,10H2,1-3H3. The van der Waals surface area contributed by atoms with Crippen molar-refractivity contribution in [3.63, 3.8) is 0 Å². The summed E-state index contributed by atoms with van der Waals surface area (Å²) in [5, 5.41) is 0. The molecule has 112 valence electrons. The number of hydrogen-bond donors (Lipinski definition) is 0. The molecule has 2 aromatic rings. The number of rotatable bonds is 5. The van der Waals surface area contributed by atoms with Gasteiger partial charge in [0.15, 0.2) is 15.6 Å². The maximum absolute atomic E-state index is 12.3. The average Bonchev–Trinajstić information content (AvgIpc) is 2.85. The second kappa shape index (κ2) is 6.12. The van der Waals surface area contributed by atoms with Crippen LogP contribution in [0.15, 0.2) is 41.3 Å². The molecule has 0 bridgehead atoms. The molecule has 0 atom stereocenters. The summed E-state index contributed by atoms with van der Waals surface area (Å²) in [7, 11) is -3.58. The van der Waals surface area contributed by atoms with Gasteiger partial charge >= 0.3 is 0 Å². The number of carbonyl (C=O) groups excluding carboxylic acids is 1. The predicted molar refractivity (Wildman–Crippen MR) is 86.0 cm³/mol. The lowest BCUT2D eigenvalue weighted by Gasteiger charge is -2.07. The van der Waals surface area contributed by atoms with E-state index in [-0.39, 0.29) is 10.7 Å². The molecule has 0 radical (unpaired) electrons. The van der Waals surface area contributed by atoms with Gasteiger partial charge in [-0.2, -0.15) is 0 Å². The molecule has 0 aliphatic carbocycles. The second-order valence-corrected chi connectivity index (χ2v) is 8.59. The Kier molecular flexibility index (Phi) is 4.64. The van der Waals surface area contributed by atoms with Crippen molar-refractivity contribution in [3.8, 4) is 0 Å². The van der Waals surface area contributed by atoms with Crippen molar-refractivity contribution >= 4 is 27.0 Å². The summed E-state index contributed by atoms with van der Waals surface area (Å²) < 4.78 is 24.6. The molecule has 0 unspecified atom stereocenters. The van der Waals surface area contributed by atoms with Gasteiger partial charge in [0.1, 0.15) is 5.75 Å². The molecule has 5 heteroatoms. The molecule has 0 saturated carbocycles. The molecule has 2 rings (SSSR count). The van der Waals surface area contributed by atoms with Crippen LogP contribution in [0.4, 0.5) is 0 Å². The topological polar surface area (TPSA) is 51.2 Å². The van der Waals surface area contributed by atoms with Gasteiger partial charge in [-0.3, -0.25) is 4.79 Å². The van der Waals surface area contributed by atoms with E-state index in [0.29, 0.717) is 10.8 Å². The van der Waals surface area contributed by atoms with E-state index in [1.54, 1.807) is 30.3 Å². The third kappa shape index (κ3) is 3.80. The second-order valence-electron chi connectivity index (χ2n) is 5.32. The summed E-state index contributed by atoms with van der Waals surface area (Å²) in [6.45, 7) is 5.99. The van der Waals surface area contributed by atoms with E-state index in [9.17, 15) is 13.2 Å². The third-order valence-corrected chi connectivity index (χ3v) is 5.92. The monoisotopic (exact) mass is 322 g/mol. The number of sulfone groups is 1. The highest BCUT2D eigenvalue weighted by Crippen LogP contribution is 2.21. The minimum atomic E-state index is -3.58. The number of hydrogen-bond acceptors (Lipinski definition) is 4. The van der Waals surface area contributed by atoms with Crippen molar-refractivity contribution in [1.82, 2.24) is 0 Å². The van der Waals surface area contributed by atoms with E-state index < -0.39 is 15.6 Å². The van der Waals surface area contributed by atoms with E-state index in [1.165, 1.54) is 11.3 Å². The summed E-state index contributed by atoms with van der Waals surface area (Å²) in [6.07, 6.45) is 0. The zero-order chi connectivity index (χ0) is 15.6. The summed E-state index contributed by atoms with van der Waals surface area (Å²) in [4.78, 5) is 13.7. The van der Waals surface area contributed by atoms with Gasteiger partial charge in [-0.25, -0.2) is 8.42 Å². The Hall–Kier alpha value is -1.46. The first-order chi connectivity index (χ1) is 9.79. The maximum atomic E-state index is 12.3. The molecule has 1 heterocycles. The number of carbonyl (C=O) groups is 1. The smallest absolute Gasteiger partial charge is 0.188 e. The van der Waals surface area contributed by atoms with Gasteiger partial charge in [0.2, 0.25) is 0 Å². The molecular weight excluding hydrogens is 304 g/mol. The maximum Gasteiger partial charge on any atom is 0.188 e.